The molecule has 0 aliphatic rings. The van der Waals surface area contributed by atoms with Gasteiger partial charge in [-0.15, -0.1) is 5.10 Å². The Morgan fingerprint density at radius 3 is 2.75 bits per heavy atom. The zero-order chi connectivity index (χ0) is 14.9. The van der Waals surface area contributed by atoms with Crippen LogP contribution in [-0.4, -0.2) is 25.8 Å². The van der Waals surface area contributed by atoms with Crippen LogP contribution < -0.4 is 0 Å². The van der Waals surface area contributed by atoms with E-state index in [0.29, 0.717) is 17.1 Å². The molecule has 102 valence electrons. The van der Waals surface area contributed by atoms with Gasteiger partial charge in [-0.05, 0) is 18.2 Å². The monoisotopic (exact) mass is 334 g/mol. The molecule has 2 rings (SSSR count). The summed E-state index contributed by atoms with van der Waals surface area (Å²) in [5.74, 6) is -0.992. The maximum absolute atomic E-state index is 11.0. The first-order valence-corrected chi connectivity index (χ1v) is 6.63. The Labute approximate surface area is 123 Å². The molecule has 1 aromatic carbocycles. The lowest BCUT2D eigenvalue weighted by molar-refractivity contribution is 0.0683. The van der Waals surface area contributed by atoms with Crippen LogP contribution in [0.3, 0.4) is 0 Å². The zero-order valence-corrected chi connectivity index (χ0v) is 12.4. The highest BCUT2D eigenvalue weighted by Gasteiger charge is 2.20. The normalized spacial score (nSPS) is 10.6. The van der Waals surface area contributed by atoms with Crippen LogP contribution in [0.1, 0.15) is 41.8 Å². The van der Waals surface area contributed by atoms with Gasteiger partial charge in [0.05, 0.1) is 11.3 Å². The molecular weight excluding hydrogens is 324 g/mol. The predicted molar refractivity (Wildman–Crippen MR) is 74.8 cm³/mol. The summed E-state index contributed by atoms with van der Waals surface area (Å²) in [4.78, 5) is 15.0. The van der Waals surface area contributed by atoms with Gasteiger partial charge in [-0.3, -0.25) is 0 Å². The van der Waals surface area contributed by atoms with E-state index >= 15 is 0 Å². The second-order valence-corrected chi connectivity index (χ2v) is 5.35. The van der Waals surface area contributed by atoms with Crippen molar-refractivity contribution in [1.82, 2.24) is 14.8 Å². The second-order valence-electron chi connectivity index (χ2n) is 4.44. The van der Waals surface area contributed by atoms with Crippen molar-refractivity contribution in [3.05, 3.63) is 39.9 Å². The third kappa shape index (κ3) is 2.56. The SMILES string of the molecule is CC(C)c1nc(C(=O)O)nn1-c1ccc(Br)cc1C#N. The molecule has 0 saturated carbocycles. The van der Waals surface area contributed by atoms with E-state index in [0.717, 1.165) is 4.47 Å². The van der Waals surface area contributed by atoms with Crippen molar-refractivity contribution in [2.24, 2.45) is 0 Å². The molecule has 0 unspecified atom stereocenters. The number of hydrogen-bond acceptors (Lipinski definition) is 4. The summed E-state index contributed by atoms with van der Waals surface area (Å²) in [5.41, 5.74) is 0.905. The van der Waals surface area contributed by atoms with Crippen LogP contribution in [-0.2, 0) is 0 Å². The van der Waals surface area contributed by atoms with Crippen molar-refractivity contribution in [2.75, 3.05) is 0 Å². The first-order chi connectivity index (χ1) is 9.43. The Kier molecular flexibility index (Phi) is 3.86. The molecule has 0 saturated heterocycles. The number of benzene rings is 1. The molecule has 1 N–H and O–H groups in total. The van der Waals surface area contributed by atoms with Crippen LogP contribution in [0.4, 0.5) is 0 Å². The smallest absolute Gasteiger partial charge is 0.375 e. The number of nitrogens with zero attached hydrogens (tertiary/aromatic N) is 4. The summed E-state index contributed by atoms with van der Waals surface area (Å²) in [5, 5.41) is 22.2. The molecule has 0 bridgehead atoms. The molecule has 0 aliphatic carbocycles. The van der Waals surface area contributed by atoms with Gasteiger partial charge in [0, 0.05) is 10.4 Å². The van der Waals surface area contributed by atoms with Gasteiger partial charge in [0.1, 0.15) is 11.9 Å². The van der Waals surface area contributed by atoms with Crippen LogP contribution in [0.25, 0.3) is 5.69 Å². The number of carbonyl (C=O) groups is 1. The fourth-order valence-corrected chi connectivity index (χ4v) is 2.11. The Hall–Kier alpha value is -2.20. The molecule has 0 radical (unpaired) electrons. The highest BCUT2D eigenvalue weighted by molar-refractivity contribution is 9.10. The van der Waals surface area contributed by atoms with Crippen LogP contribution in [0.15, 0.2) is 22.7 Å². The van der Waals surface area contributed by atoms with E-state index in [-0.39, 0.29) is 11.7 Å². The number of aromatic nitrogens is 3. The molecule has 7 heteroatoms. The van der Waals surface area contributed by atoms with Crippen LogP contribution >= 0.6 is 15.9 Å². The molecule has 0 fully saturated rings. The van der Waals surface area contributed by atoms with Gasteiger partial charge in [-0.25, -0.2) is 14.5 Å². The quantitative estimate of drug-likeness (QED) is 0.931. The molecule has 0 spiro atoms. The van der Waals surface area contributed by atoms with Crippen LogP contribution in [0, 0.1) is 11.3 Å². The van der Waals surface area contributed by atoms with Gasteiger partial charge in [-0.1, -0.05) is 29.8 Å². The van der Waals surface area contributed by atoms with E-state index in [9.17, 15) is 10.1 Å². The lowest BCUT2D eigenvalue weighted by Crippen LogP contribution is -2.07. The van der Waals surface area contributed by atoms with Crippen molar-refractivity contribution in [2.45, 2.75) is 19.8 Å². The summed E-state index contributed by atoms with van der Waals surface area (Å²) in [6.45, 7) is 3.77. The predicted octanol–water partition coefficient (Wildman–Crippen LogP) is 2.72. The van der Waals surface area contributed by atoms with Crippen LogP contribution in [0.5, 0.6) is 0 Å². The van der Waals surface area contributed by atoms with Crippen LogP contribution in [0.2, 0.25) is 0 Å². The Morgan fingerprint density at radius 2 is 2.20 bits per heavy atom. The maximum Gasteiger partial charge on any atom is 0.375 e. The highest BCUT2D eigenvalue weighted by Crippen LogP contribution is 2.23. The summed E-state index contributed by atoms with van der Waals surface area (Å²) in [6.07, 6.45) is 0. The Morgan fingerprint density at radius 1 is 1.50 bits per heavy atom. The number of aromatic carboxylic acids is 1. The third-order valence-electron chi connectivity index (χ3n) is 2.65. The molecule has 0 aliphatic heterocycles. The van der Waals surface area contributed by atoms with Crippen molar-refractivity contribution in [3.8, 4) is 11.8 Å². The zero-order valence-electron chi connectivity index (χ0n) is 10.8. The largest absolute Gasteiger partial charge is 0.475 e. The van der Waals surface area contributed by atoms with Gasteiger partial charge in [0.2, 0.25) is 0 Å². The number of carboxylic acid groups (broad SMARTS) is 1. The number of hydrogen-bond donors (Lipinski definition) is 1. The minimum Gasteiger partial charge on any atom is -0.475 e. The molecule has 0 amide bonds. The standard InChI is InChI=1S/C13H11BrN4O2/c1-7(2)12-16-11(13(19)20)17-18(12)10-4-3-9(14)5-8(10)6-15/h3-5,7H,1-2H3,(H,19,20). The topological polar surface area (TPSA) is 91.8 Å². The lowest BCUT2D eigenvalue weighted by Gasteiger charge is -2.09. The van der Waals surface area contributed by atoms with Crippen molar-refractivity contribution in [3.63, 3.8) is 0 Å². The fraction of sp³-hybridized carbons (Fsp3) is 0.231. The minimum absolute atomic E-state index is 0.0224. The van der Waals surface area contributed by atoms with E-state index in [1.165, 1.54) is 4.68 Å². The first kappa shape index (κ1) is 14.2. The van der Waals surface area contributed by atoms with E-state index < -0.39 is 5.97 Å². The van der Waals surface area contributed by atoms with E-state index in [1.54, 1.807) is 18.2 Å². The number of nitriles is 1. The molecule has 1 heterocycles. The molecule has 0 atom stereocenters. The van der Waals surface area contributed by atoms with E-state index in [1.807, 2.05) is 13.8 Å². The minimum atomic E-state index is -1.19. The molecule has 6 nitrogen and oxygen atoms in total. The molecule has 20 heavy (non-hydrogen) atoms. The van der Waals surface area contributed by atoms with Gasteiger partial charge in [-0.2, -0.15) is 5.26 Å². The molecule has 2 aromatic rings. The number of rotatable bonds is 3. The Bertz CT molecular complexity index is 716. The summed E-state index contributed by atoms with van der Waals surface area (Å²) in [6, 6.07) is 7.20. The summed E-state index contributed by atoms with van der Waals surface area (Å²) >= 11 is 3.30. The van der Waals surface area contributed by atoms with Crippen molar-refractivity contribution < 1.29 is 9.90 Å². The van der Waals surface area contributed by atoms with E-state index in [2.05, 4.69) is 32.1 Å². The summed E-state index contributed by atoms with van der Waals surface area (Å²) in [7, 11) is 0. The van der Waals surface area contributed by atoms with Crippen molar-refractivity contribution in [1.29, 1.82) is 5.26 Å². The lowest BCUT2D eigenvalue weighted by atomic mass is 10.1. The average Bonchev–Trinajstić information content (AvgIpc) is 2.83. The van der Waals surface area contributed by atoms with Gasteiger partial charge in [0.25, 0.3) is 5.82 Å². The van der Waals surface area contributed by atoms with Gasteiger partial charge < -0.3 is 5.11 Å². The van der Waals surface area contributed by atoms with Gasteiger partial charge >= 0.3 is 5.97 Å². The molecular formula is C13H11BrN4O2. The average molecular weight is 335 g/mol. The maximum atomic E-state index is 11.0. The Balaban J connectivity index is 2.69. The van der Waals surface area contributed by atoms with E-state index in [4.69, 9.17) is 5.11 Å². The van der Waals surface area contributed by atoms with Gasteiger partial charge in [0.15, 0.2) is 0 Å². The number of halogens is 1. The second kappa shape index (κ2) is 5.43. The summed E-state index contributed by atoms with van der Waals surface area (Å²) < 4.78 is 2.18. The fourth-order valence-electron chi connectivity index (χ4n) is 1.75. The van der Waals surface area contributed by atoms with Crippen molar-refractivity contribution >= 4 is 21.9 Å². The highest BCUT2D eigenvalue weighted by atomic mass is 79.9. The molecule has 1 aromatic heterocycles. The third-order valence-corrected chi connectivity index (χ3v) is 3.14. The number of carboxylic acids is 1. The first-order valence-electron chi connectivity index (χ1n) is 5.84.